The van der Waals surface area contributed by atoms with Crippen LogP contribution in [-0.2, 0) is 22.0 Å². The molecule has 0 heterocycles. The maximum Gasteiger partial charge on any atom is 0.244 e. The van der Waals surface area contributed by atoms with Gasteiger partial charge in [-0.05, 0) is 48.4 Å². The van der Waals surface area contributed by atoms with Gasteiger partial charge in [0.1, 0.15) is 0 Å². The van der Waals surface area contributed by atoms with E-state index in [1.165, 1.54) is 0 Å². The van der Waals surface area contributed by atoms with Gasteiger partial charge >= 0.3 is 0 Å². The summed E-state index contributed by atoms with van der Waals surface area (Å²) in [5.74, 6) is -0.537. The van der Waals surface area contributed by atoms with E-state index in [4.69, 9.17) is 5.21 Å². The fraction of sp³-hybridized carbons (Fsp3) is 0.136. The fourth-order valence-electron chi connectivity index (χ4n) is 2.81. The molecule has 0 saturated carbocycles. The van der Waals surface area contributed by atoms with Gasteiger partial charge in [-0.25, -0.2) is 5.48 Å². The van der Waals surface area contributed by atoms with Crippen LogP contribution in [0.4, 0.5) is 0 Å². The molecule has 0 fully saturated rings. The van der Waals surface area contributed by atoms with E-state index < -0.39 is 22.0 Å². The minimum atomic E-state index is -1.38. The Balaban J connectivity index is 1.74. The maximum atomic E-state index is 13.1. The Morgan fingerprint density at radius 2 is 1.46 bits per heavy atom. The first-order valence-electron chi connectivity index (χ1n) is 8.86. The number of nitrogens with one attached hydrogen (secondary N) is 1. The summed E-state index contributed by atoms with van der Waals surface area (Å²) in [6, 6.07) is 27.2. The second-order valence-electron chi connectivity index (χ2n) is 6.23. The van der Waals surface area contributed by atoms with Crippen molar-refractivity contribution >= 4 is 28.5 Å². The molecule has 1 amide bonds. The maximum absolute atomic E-state index is 13.1. The van der Waals surface area contributed by atoms with Crippen molar-refractivity contribution in [1.82, 2.24) is 5.48 Å². The van der Waals surface area contributed by atoms with E-state index in [0.717, 1.165) is 15.4 Å². The van der Waals surface area contributed by atoms with Crippen molar-refractivity contribution in [3.05, 3.63) is 90.5 Å². The van der Waals surface area contributed by atoms with Gasteiger partial charge in [0.2, 0.25) is 5.91 Å². The van der Waals surface area contributed by atoms with Crippen LogP contribution >= 0.6 is 11.8 Å². The molecule has 3 aromatic carbocycles. The summed E-state index contributed by atoms with van der Waals surface area (Å²) in [6.45, 7) is 0. The van der Waals surface area contributed by atoms with E-state index in [0.29, 0.717) is 11.3 Å². The van der Waals surface area contributed by atoms with E-state index in [1.807, 2.05) is 84.9 Å². The van der Waals surface area contributed by atoms with Crippen LogP contribution in [0.3, 0.4) is 0 Å². The molecule has 2 N–H and O–H groups in total. The SMILES string of the molecule is O=C(CC(Cc1ccccc1)S(=O)c1ccc(Sc2ccccc2)cc1)NO. The second kappa shape index (κ2) is 10.2. The van der Waals surface area contributed by atoms with Crippen LogP contribution in [0.15, 0.2) is 99.6 Å². The average molecular weight is 412 g/mol. The van der Waals surface area contributed by atoms with Gasteiger partial charge in [0.05, 0.1) is 16.0 Å². The number of amides is 1. The molecule has 0 saturated heterocycles. The summed E-state index contributed by atoms with van der Waals surface area (Å²) >= 11 is 1.64. The lowest BCUT2D eigenvalue weighted by Gasteiger charge is -2.16. The van der Waals surface area contributed by atoms with Crippen molar-refractivity contribution in [3.8, 4) is 0 Å². The zero-order chi connectivity index (χ0) is 19.8. The van der Waals surface area contributed by atoms with Gasteiger partial charge in [0.25, 0.3) is 0 Å². The Bertz CT molecular complexity index is 916. The molecule has 3 rings (SSSR count). The molecule has 0 radical (unpaired) electrons. The number of hydrogen-bond donors (Lipinski definition) is 2. The minimum Gasteiger partial charge on any atom is -0.289 e. The predicted octanol–water partition coefficient (Wildman–Crippen LogP) is 4.45. The van der Waals surface area contributed by atoms with Crippen molar-refractivity contribution in [2.24, 2.45) is 0 Å². The van der Waals surface area contributed by atoms with Gasteiger partial charge in [0, 0.05) is 21.1 Å². The van der Waals surface area contributed by atoms with Gasteiger partial charge < -0.3 is 0 Å². The van der Waals surface area contributed by atoms with Crippen LogP contribution in [0, 0.1) is 0 Å². The third kappa shape index (κ3) is 5.79. The number of carbonyl (C=O) groups is 1. The van der Waals surface area contributed by atoms with Crippen LogP contribution in [0.25, 0.3) is 0 Å². The summed E-state index contributed by atoms with van der Waals surface area (Å²) in [4.78, 5) is 14.6. The standard InChI is InChI=1S/C22H21NO3S2/c24-22(23-25)16-21(15-17-7-3-1-4-8-17)28(26)20-13-11-19(12-14-20)27-18-9-5-2-6-10-18/h1-14,21,25H,15-16H2,(H,23,24). The first-order valence-corrected chi connectivity index (χ1v) is 10.9. The first kappa shape index (κ1) is 20.3. The van der Waals surface area contributed by atoms with Gasteiger partial charge in [0.15, 0.2) is 0 Å². The molecule has 0 spiro atoms. The third-order valence-corrected chi connectivity index (χ3v) is 6.87. The van der Waals surface area contributed by atoms with Crippen LogP contribution in [0.1, 0.15) is 12.0 Å². The first-order chi connectivity index (χ1) is 13.7. The molecule has 0 aliphatic heterocycles. The lowest BCUT2D eigenvalue weighted by atomic mass is 10.1. The lowest BCUT2D eigenvalue weighted by molar-refractivity contribution is -0.129. The fourth-order valence-corrected chi connectivity index (χ4v) is 5.09. The van der Waals surface area contributed by atoms with Crippen molar-refractivity contribution < 1.29 is 14.2 Å². The van der Waals surface area contributed by atoms with Crippen molar-refractivity contribution in [2.75, 3.05) is 0 Å². The number of rotatable bonds is 8. The molecule has 2 unspecified atom stereocenters. The highest BCUT2D eigenvalue weighted by molar-refractivity contribution is 7.99. The molecule has 28 heavy (non-hydrogen) atoms. The summed E-state index contributed by atoms with van der Waals surface area (Å²) in [5.41, 5.74) is 2.65. The van der Waals surface area contributed by atoms with Gasteiger partial charge in [-0.15, -0.1) is 0 Å². The Hall–Kier alpha value is -2.41. The largest absolute Gasteiger partial charge is 0.289 e. The Morgan fingerprint density at radius 1 is 0.893 bits per heavy atom. The van der Waals surface area contributed by atoms with Crippen LogP contribution in [0.5, 0.6) is 0 Å². The minimum absolute atomic E-state index is 0.0154. The highest BCUT2D eigenvalue weighted by Gasteiger charge is 2.22. The smallest absolute Gasteiger partial charge is 0.244 e. The zero-order valence-electron chi connectivity index (χ0n) is 15.2. The quantitative estimate of drug-likeness (QED) is 0.424. The van der Waals surface area contributed by atoms with Gasteiger partial charge in [-0.3, -0.25) is 14.2 Å². The van der Waals surface area contributed by atoms with Crippen molar-refractivity contribution in [3.63, 3.8) is 0 Å². The summed E-state index contributed by atoms with van der Waals surface area (Å²) in [6.07, 6.45) is 0.472. The third-order valence-electron chi connectivity index (χ3n) is 4.18. The van der Waals surface area contributed by atoms with Crippen molar-refractivity contribution in [2.45, 2.75) is 32.8 Å². The highest BCUT2D eigenvalue weighted by Crippen LogP contribution is 2.28. The number of carbonyl (C=O) groups excluding carboxylic acids is 1. The molecule has 3 aromatic rings. The molecule has 0 aliphatic carbocycles. The molecule has 0 aromatic heterocycles. The van der Waals surface area contributed by atoms with Crippen LogP contribution < -0.4 is 5.48 Å². The number of benzene rings is 3. The topological polar surface area (TPSA) is 66.4 Å². The van der Waals surface area contributed by atoms with Gasteiger partial charge in [-0.1, -0.05) is 60.3 Å². The van der Waals surface area contributed by atoms with Crippen LogP contribution in [-0.4, -0.2) is 20.6 Å². The summed E-state index contributed by atoms with van der Waals surface area (Å²) < 4.78 is 13.1. The Labute approximate surface area is 171 Å². The number of hydroxylamine groups is 1. The predicted molar refractivity (Wildman–Crippen MR) is 112 cm³/mol. The average Bonchev–Trinajstić information content (AvgIpc) is 2.74. The van der Waals surface area contributed by atoms with E-state index in [2.05, 4.69) is 0 Å². The molecular weight excluding hydrogens is 390 g/mol. The molecule has 144 valence electrons. The van der Waals surface area contributed by atoms with Crippen LogP contribution in [0.2, 0.25) is 0 Å². The molecule has 6 heteroatoms. The zero-order valence-corrected chi connectivity index (χ0v) is 16.8. The molecule has 0 aliphatic rings. The molecule has 4 nitrogen and oxygen atoms in total. The van der Waals surface area contributed by atoms with Gasteiger partial charge in [-0.2, -0.15) is 0 Å². The highest BCUT2D eigenvalue weighted by atomic mass is 32.2. The van der Waals surface area contributed by atoms with E-state index in [-0.39, 0.29) is 6.42 Å². The van der Waals surface area contributed by atoms with Crippen molar-refractivity contribution in [1.29, 1.82) is 0 Å². The normalized spacial score (nSPS) is 12.9. The Morgan fingerprint density at radius 3 is 2.07 bits per heavy atom. The molecule has 2 atom stereocenters. The second-order valence-corrected chi connectivity index (χ2v) is 9.11. The Kier molecular flexibility index (Phi) is 7.42. The summed E-state index contributed by atoms with van der Waals surface area (Å²) in [7, 11) is -1.38. The number of hydrogen-bond acceptors (Lipinski definition) is 4. The molecular formula is C22H21NO3S2. The van der Waals surface area contributed by atoms with E-state index in [1.54, 1.807) is 17.2 Å². The van der Waals surface area contributed by atoms with E-state index in [9.17, 15) is 9.00 Å². The summed E-state index contributed by atoms with van der Waals surface area (Å²) in [5, 5.41) is 8.45. The lowest BCUT2D eigenvalue weighted by Crippen LogP contribution is -2.28. The monoisotopic (exact) mass is 411 g/mol. The van der Waals surface area contributed by atoms with E-state index >= 15 is 0 Å². The molecule has 0 bridgehead atoms.